The van der Waals surface area contributed by atoms with Gasteiger partial charge < -0.3 is 4.74 Å². The Kier molecular flexibility index (Phi) is 6.84. The Morgan fingerprint density at radius 1 is 1.16 bits per heavy atom. The van der Waals surface area contributed by atoms with E-state index in [0.717, 1.165) is 13.1 Å². The third-order valence-corrected chi connectivity index (χ3v) is 3.49. The number of benzene rings is 1. The van der Waals surface area contributed by atoms with Crippen molar-refractivity contribution >= 4 is 12.4 Å². The van der Waals surface area contributed by atoms with Gasteiger partial charge in [0.2, 0.25) is 0 Å². The van der Waals surface area contributed by atoms with Gasteiger partial charge in [0.1, 0.15) is 0 Å². The molecule has 0 bridgehead atoms. The largest absolute Gasteiger partial charge is 0.373 e. The van der Waals surface area contributed by atoms with Crippen LogP contribution in [0.2, 0.25) is 0 Å². The summed E-state index contributed by atoms with van der Waals surface area (Å²) in [5.74, 6) is 0.699. The number of rotatable bonds is 4. The first-order valence-electron chi connectivity index (χ1n) is 7.05. The molecule has 1 saturated heterocycles. The fourth-order valence-corrected chi connectivity index (χ4v) is 2.96. The van der Waals surface area contributed by atoms with Crippen LogP contribution in [0.3, 0.4) is 0 Å². The Bertz CT molecular complexity index is 347. The topological polar surface area (TPSA) is 12.5 Å². The standard InChI is InChI=1S/C16H25NO.ClH/c1-13(9-16-7-5-4-6-8-16)10-17-11-14(2)18-15(3)12-17;/h4-8,13-15H,9-12H2,1-3H3;1H/t13?,14-,15+;. The van der Waals surface area contributed by atoms with Gasteiger partial charge in [-0.2, -0.15) is 0 Å². The summed E-state index contributed by atoms with van der Waals surface area (Å²) in [5, 5.41) is 0. The first-order valence-corrected chi connectivity index (χ1v) is 7.05. The normalized spacial score (nSPS) is 25.6. The highest BCUT2D eigenvalue weighted by Gasteiger charge is 2.23. The van der Waals surface area contributed by atoms with E-state index >= 15 is 0 Å². The van der Waals surface area contributed by atoms with Crippen LogP contribution in [0.1, 0.15) is 26.3 Å². The second-order valence-electron chi connectivity index (χ2n) is 5.77. The summed E-state index contributed by atoms with van der Waals surface area (Å²) in [7, 11) is 0. The van der Waals surface area contributed by atoms with Gasteiger partial charge in [0, 0.05) is 19.6 Å². The van der Waals surface area contributed by atoms with Gasteiger partial charge in [-0.25, -0.2) is 0 Å². The van der Waals surface area contributed by atoms with Crippen LogP contribution in [0.25, 0.3) is 0 Å². The second-order valence-corrected chi connectivity index (χ2v) is 5.77. The van der Waals surface area contributed by atoms with Crippen molar-refractivity contribution in [2.45, 2.75) is 39.4 Å². The first-order chi connectivity index (χ1) is 8.63. The Balaban J connectivity index is 0.00000180. The molecule has 2 rings (SSSR count). The van der Waals surface area contributed by atoms with Gasteiger partial charge in [-0.15, -0.1) is 12.4 Å². The zero-order valence-corrected chi connectivity index (χ0v) is 13.0. The minimum Gasteiger partial charge on any atom is -0.373 e. The van der Waals surface area contributed by atoms with E-state index in [9.17, 15) is 0 Å². The molecule has 0 spiro atoms. The van der Waals surface area contributed by atoms with E-state index in [-0.39, 0.29) is 12.4 Å². The van der Waals surface area contributed by atoms with Gasteiger partial charge in [0.15, 0.2) is 0 Å². The molecule has 1 unspecified atom stereocenters. The molecule has 3 heteroatoms. The maximum absolute atomic E-state index is 5.77. The molecule has 1 aliphatic rings. The number of nitrogens with zero attached hydrogens (tertiary/aromatic N) is 1. The van der Waals surface area contributed by atoms with E-state index in [1.54, 1.807) is 0 Å². The van der Waals surface area contributed by atoms with Crippen molar-refractivity contribution in [1.29, 1.82) is 0 Å². The van der Waals surface area contributed by atoms with Crippen LogP contribution in [-0.2, 0) is 11.2 Å². The van der Waals surface area contributed by atoms with Crippen LogP contribution in [0, 0.1) is 5.92 Å². The molecule has 2 nitrogen and oxygen atoms in total. The maximum Gasteiger partial charge on any atom is 0.0678 e. The van der Waals surface area contributed by atoms with Gasteiger partial charge in [0.25, 0.3) is 0 Å². The van der Waals surface area contributed by atoms with Crippen molar-refractivity contribution in [3.63, 3.8) is 0 Å². The summed E-state index contributed by atoms with van der Waals surface area (Å²) in [6, 6.07) is 10.8. The van der Waals surface area contributed by atoms with Crippen molar-refractivity contribution in [2.24, 2.45) is 5.92 Å². The molecule has 0 aliphatic carbocycles. The van der Waals surface area contributed by atoms with Crippen LogP contribution in [-0.4, -0.2) is 36.7 Å². The van der Waals surface area contributed by atoms with E-state index in [1.165, 1.54) is 18.5 Å². The van der Waals surface area contributed by atoms with E-state index in [0.29, 0.717) is 18.1 Å². The Morgan fingerprint density at radius 3 is 2.32 bits per heavy atom. The van der Waals surface area contributed by atoms with Crippen molar-refractivity contribution in [2.75, 3.05) is 19.6 Å². The zero-order valence-electron chi connectivity index (χ0n) is 12.2. The van der Waals surface area contributed by atoms with Crippen molar-refractivity contribution in [3.05, 3.63) is 35.9 Å². The van der Waals surface area contributed by atoms with E-state index < -0.39 is 0 Å². The molecule has 19 heavy (non-hydrogen) atoms. The average Bonchev–Trinajstić information content (AvgIpc) is 2.28. The fraction of sp³-hybridized carbons (Fsp3) is 0.625. The first kappa shape index (κ1) is 16.5. The summed E-state index contributed by atoms with van der Waals surface area (Å²) >= 11 is 0. The Hall–Kier alpha value is -0.570. The van der Waals surface area contributed by atoms with Crippen LogP contribution in [0.5, 0.6) is 0 Å². The molecule has 0 N–H and O–H groups in total. The molecule has 0 radical (unpaired) electrons. The van der Waals surface area contributed by atoms with E-state index in [4.69, 9.17) is 4.74 Å². The third kappa shape index (κ3) is 5.52. The third-order valence-electron chi connectivity index (χ3n) is 3.49. The SMILES string of the molecule is CC(Cc1ccccc1)CN1C[C@@H](C)O[C@@H](C)C1.Cl. The maximum atomic E-state index is 5.77. The Morgan fingerprint density at radius 2 is 1.74 bits per heavy atom. The van der Waals surface area contributed by atoms with Crippen molar-refractivity contribution in [1.82, 2.24) is 4.90 Å². The number of ether oxygens (including phenoxy) is 1. The summed E-state index contributed by atoms with van der Waals surface area (Å²) in [4.78, 5) is 2.55. The number of hydrogen-bond donors (Lipinski definition) is 0. The van der Waals surface area contributed by atoms with Crippen LogP contribution in [0.4, 0.5) is 0 Å². The summed E-state index contributed by atoms with van der Waals surface area (Å²) in [6.07, 6.45) is 1.91. The highest BCUT2D eigenvalue weighted by Crippen LogP contribution is 2.15. The van der Waals surface area contributed by atoms with E-state index in [1.807, 2.05) is 0 Å². The molecular formula is C16H26ClNO. The van der Waals surface area contributed by atoms with Gasteiger partial charge >= 0.3 is 0 Å². The highest BCUT2D eigenvalue weighted by atomic mass is 35.5. The monoisotopic (exact) mass is 283 g/mol. The molecule has 0 amide bonds. The summed E-state index contributed by atoms with van der Waals surface area (Å²) in [6.45, 7) is 10.0. The number of hydrogen-bond acceptors (Lipinski definition) is 2. The lowest BCUT2D eigenvalue weighted by Crippen LogP contribution is -2.47. The average molecular weight is 284 g/mol. The lowest BCUT2D eigenvalue weighted by Gasteiger charge is -2.36. The van der Waals surface area contributed by atoms with E-state index in [2.05, 4.69) is 56.0 Å². The summed E-state index contributed by atoms with van der Waals surface area (Å²) < 4.78 is 5.77. The predicted octanol–water partition coefficient (Wildman–Crippen LogP) is 3.40. The summed E-state index contributed by atoms with van der Waals surface area (Å²) in [5.41, 5.74) is 1.44. The van der Waals surface area contributed by atoms with Crippen LogP contribution >= 0.6 is 12.4 Å². The molecule has 1 aliphatic heterocycles. The molecule has 1 aromatic rings. The highest BCUT2D eigenvalue weighted by molar-refractivity contribution is 5.85. The minimum atomic E-state index is 0. The fourth-order valence-electron chi connectivity index (χ4n) is 2.96. The molecular weight excluding hydrogens is 258 g/mol. The van der Waals surface area contributed by atoms with Gasteiger partial charge in [-0.3, -0.25) is 4.90 Å². The van der Waals surface area contributed by atoms with Crippen molar-refractivity contribution in [3.8, 4) is 0 Å². The predicted molar refractivity (Wildman–Crippen MR) is 83.0 cm³/mol. The molecule has 1 aromatic carbocycles. The molecule has 1 heterocycles. The van der Waals surface area contributed by atoms with Gasteiger partial charge in [-0.1, -0.05) is 37.3 Å². The smallest absolute Gasteiger partial charge is 0.0678 e. The second kappa shape index (κ2) is 7.88. The molecule has 108 valence electrons. The quantitative estimate of drug-likeness (QED) is 0.840. The lowest BCUT2D eigenvalue weighted by molar-refractivity contribution is -0.0708. The molecule has 3 atom stereocenters. The number of morpholine rings is 1. The van der Waals surface area contributed by atoms with Crippen LogP contribution < -0.4 is 0 Å². The minimum absolute atomic E-state index is 0. The van der Waals surface area contributed by atoms with Crippen molar-refractivity contribution < 1.29 is 4.74 Å². The molecule has 0 saturated carbocycles. The number of halogens is 1. The lowest BCUT2D eigenvalue weighted by atomic mass is 10.00. The zero-order chi connectivity index (χ0) is 13.0. The van der Waals surface area contributed by atoms with Crippen LogP contribution in [0.15, 0.2) is 30.3 Å². The molecule has 1 fully saturated rings. The van der Waals surface area contributed by atoms with Gasteiger partial charge in [0.05, 0.1) is 12.2 Å². The van der Waals surface area contributed by atoms with Gasteiger partial charge in [-0.05, 0) is 31.7 Å². The molecule has 0 aromatic heterocycles. The Labute approximate surface area is 123 Å².